The first-order chi connectivity index (χ1) is 12.1. The smallest absolute Gasteiger partial charge is 0.317 e. The Balaban J connectivity index is 1.56. The van der Waals surface area contributed by atoms with Crippen molar-refractivity contribution in [3.8, 4) is 11.5 Å². The number of nitrogens with one attached hydrogen (secondary N) is 2. The SMILES string of the molecule is CC(=O)NCCCNC(=O)N1CCC[C@@H]1c1ccc2c(c1)OCCO2. The Morgan fingerprint density at radius 3 is 2.72 bits per heavy atom. The Morgan fingerprint density at radius 1 is 1.16 bits per heavy atom. The van der Waals surface area contributed by atoms with E-state index in [0.29, 0.717) is 32.7 Å². The first-order valence-electron chi connectivity index (χ1n) is 8.83. The Morgan fingerprint density at radius 2 is 1.92 bits per heavy atom. The molecule has 7 heteroatoms. The molecule has 2 N–H and O–H groups in total. The summed E-state index contributed by atoms with van der Waals surface area (Å²) >= 11 is 0. The molecule has 1 aromatic rings. The van der Waals surface area contributed by atoms with E-state index in [4.69, 9.17) is 9.47 Å². The van der Waals surface area contributed by atoms with Crippen LogP contribution in [0.2, 0.25) is 0 Å². The first kappa shape index (κ1) is 17.4. The summed E-state index contributed by atoms with van der Waals surface area (Å²) in [6.45, 7) is 4.48. The first-order valence-corrected chi connectivity index (χ1v) is 8.83. The fraction of sp³-hybridized carbons (Fsp3) is 0.556. The van der Waals surface area contributed by atoms with Gasteiger partial charge in [0.2, 0.25) is 5.91 Å². The highest BCUT2D eigenvalue weighted by Gasteiger charge is 2.30. The minimum atomic E-state index is -0.0554. The van der Waals surface area contributed by atoms with E-state index >= 15 is 0 Å². The number of carbonyl (C=O) groups is 2. The molecule has 2 aliphatic heterocycles. The van der Waals surface area contributed by atoms with E-state index in [1.807, 2.05) is 23.1 Å². The monoisotopic (exact) mass is 347 g/mol. The van der Waals surface area contributed by atoms with E-state index in [1.165, 1.54) is 6.92 Å². The summed E-state index contributed by atoms with van der Waals surface area (Å²) in [6, 6.07) is 5.93. The van der Waals surface area contributed by atoms with Crippen LogP contribution in [0, 0.1) is 0 Å². The van der Waals surface area contributed by atoms with Crippen molar-refractivity contribution < 1.29 is 19.1 Å². The number of nitrogens with zero attached hydrogens (tertiary/aromatic N) is 1. The third-order valence-electron chi connectivity index (χ3n) is 4.47. The Labute approximate surface area is 147 Å². The Bertz CT molecular complexity index is 635. The summed E-state index contributed by atoms with van der Waals surface area (Å²) in [5.41, 5.74) is 1.08. The second-order valence-electron chi connectivity index (χ2n) is 6.32. The molecule has 0 aliphatic carbocycles. The second-order valence-corrected chi connectivity index (χ2v) is 6.32. The average Bonchev–Trinajstić information content (AvgIpc) is 3.10. The molecule has 2 heterocycles. The molecule has 0 radical (unpaired) electrons. The quantitative estimate of drug-likeness (QED) is 0.797. The molecule has 1 atom stereocenters. The molecule has 25 heavy (non-hydrogen) atoms. The van der Waals surface area contributed by atoms with Crippen molar-refractivity contribution in [2.45, 2.75) is 32.2 Å². The average molecular weight is 347 g/mol. The van der Waals surface area contributed by atoms with E-state index in [0.717, 1.165) is 36.4 Å². The van der Waals surface area contributed by atoms with Gasteiger partial charge in [-0.05, 0) is 37.0 Å². The highest BCUT2D eigenvalue weighted by Crippen LogP contribution is 2.37. The van der Waals surface area contributed by atoms with Gasteiger partial charge in [0.25, 0.3) is 0 Å². The molecule has 0 spiro atoms. The van der Waals surface area contributed by atoms with Gasteiger partial charge in [0.15, 0.2) is 11.5 Å². The van der Waals surface area contributed by atoms with Crippen molar-refractivity contribution in [1.29, 1.82) is 0 Å². The highest BCUT2D eigenvalue weighted by atomic mass is 16.6. The summed E-state index contributed by atoms with van der Waals surface area (Å²) in [6.07, 6.45) is 2.64. The number of amides is 3. The fourth-order valence-electron chi connectivity index (χ4n) is 3.27. The van der Waals surface area contributed by atoms with E-state index in [1.54, 1.807) is 0 Å². The highest BCUT2D eigenvalue weighted by molar-refractivity contribution is 5.75. The predicted molar refractivity (Wildman–Crippen MR) is 92.8 cm³/mol. The topological polar surface area (TPSA) is 79.9 Å². The molecule has 2 aliphatic rings. The Hall–Kier alpha value is -2.44. The molecular weight excluding hydrogens is 322 g/mol. The van der Waals surface area contributed by atoms with Crippen molar-refractivity contribution in [2.75, 3.05) is 32.8 Å². The van der Waals surface area contributed by atoms with Crippen molar-refractivity contribution in [2.24, 2.45) is 0 Å². The largest absolute Gasteiger partial charge is 0.486 e. The van der Waals surface area contributed by atoms with Crippen LogP contribution < -0.4 is 20.1 Å². The third kappa shape index (κ3) is 4.35. The van der Waals surface area contributed by atoms with Crippen LogP contribution in [0.4, 0.5) is 4.79 Å². The number of carbonyl (C=O) groups excluding carboxylic acids is 2. The number of ether oxygens (including phenoxy) is 2. The standard InChI is InChI=1S/C18H25N3O4/c1-13(22)19-7-3-8-20-18(23)21-9-2-4-15(21)14-5-6-16-17(12-14)25-11-10-24-16/h5-6,12,15H,2-4,7-11H2,1H3,(H,19,22)(H,20,23)/t15-/m1/s1. The summed E-state index contributed by atoms with van der Waals surface area (Å²) < 4.78 is 11.2. The molecule has 1 saturated heterocycles. The second kappa shape index (κ2) is 8.09. The normalized spacial score (nSPS) is 18.8. The van der Waals surface area contributed by atoms with Gasteiger partial charge >= 0.3 is 6.03 Å². The van der Waals surface area contributed by atoms with Gasteiger partial charge in [-0.15, -0.1) is 0 Å². The summed E-state index contributed by atoms with van der Waals surface area (Å²) in [5, 5.41) is 5.66. The van der Waals surface area contributed by atoms with Crippen LogP contribution in [-0.4, -0.2) is 49.7 Å². The van der Waals surface area contributed by atoms with E-state index in [-0.39, 0.29) is 18.0 Å². The van der Waals surface area contributed by atoms with Gasteiger partial charge in [0.1, 0.15) is 13.2 Å². The van der Waals surface area contributed by atoms with Gasteiger partial charge in [-0.1, -0.05) is 6.07 Å². The van der Waals surface area contributed by atoms with Crippen molar-refractivity contribution in [3.63, 3.8) is 0 Å². The number of likely N-dealkylation sites (tertiary alicyclic amines) is 1. The molecule has 0 aromatic heterocycles. The molecule has 0 saturated carbocycles. The lowest BCUT2D eigenvalue weighted by atomic mass is 10.0. The lowest BCUT2D eigenvalue weighted by molar-refractivity contribution is -0.118. The summed E-state index contributed by atoms with van der Waals surface area (Å²) in [4.78, 5) is 25.2. The molecule has 1 fully saturated rings. The Kier molecular flexibility index (Phi) is 5.63. The van der Waals surface area contributed by atoms with Gasteiger partial charge in [0.05, 0.1) is 6.04 Å². The third-order valence-corrected chi connectivity index (χ3v) is 4.47. The summed E-state index contributed by atoms with van der Waals surface area (Å²) in [5.74, 6) is 1.47. The number of benzene rings is 1. The van der Waals surface area contributed by atoms with Crippen LogP contribution in [0.15, 0.2) is 18.2 Å². The number of urea groups is 1. The molecule has 0 bridgehead atoms. The number of hydrogen-bond acceptors (Lipinski definition) is 4. The molecule has 3 amide bonds. The van der Waals surface area contributed by atoms with Crippen LogP contribution in [0.5, 0.6) is 11.5 Å². The summed E-state index contributed by atoms with van der Waals surface area (Å²) in [7, 11) is 0. The predicted octanol–water partition coefficient (Wildman–Crippen LogP) is 1.83. The molecule has 3 rings (SSSR count). The van der Waals surface area contributed by atoms with Crippen LogP contribution in [0.1, 0.15) is 37.8 Å². The molecule has 0 unspecified atom stereocenters. The van der Waals surface area contributed by atoms with Crippen LogP contribution >= 0.6 is 0 Å². The number of fused-ring (bicyclic) bond motifs is 1. The van der Waals surface area contributed by atoms with Crippen molar-refractivity contribution >= 4 is 11.9 Å². The zero-order chi connectivity index (χ0) is 17.6. The number of hydrogen-bond donors (Lipinski definition) is 2. The maximum absolute atomic E-state index is 12.5. The van der Waals surface area contributed by atoms with E-state index in [2.05, 4.69) is 10.6 Å². The zero-order valence-electron chi connectivity index (χ0n) is 14.5. The molecular formula is C18H25N3O4. The van der Waals surface area contributed by atoms with Crippen molar-refractivity contribution in [1.82, 2.24) is 15.5 Å². The molecule has 1 aromatic carbocycles. The van der Waals surface area contributed by atoms with Crippen LogP contribution in [0.25, 0.3) is 0 Å². The van der Waals surface area contributed by atoms with Crippen LogP contribution in [-0.2, 0) is 4.79 Å². The fourth-order valence-corrected chi connectivity index (χ4v) is 3.27. The molecule has 136 valence electrons. The van der Waals surface area contributed by atoms with Gasteiger partial charge in [-0.3, -0.25) is 4.79 Å². The van der Waals surface area contributed by atoms with Crippen molar-refractivity contribution in [3.05, 3.63) is 23.8 Å². The lowest BCUT2D eigenvalue weighted by Crippen LogP contribution is -2.40. The minimum Gasteiger partial charge on any atom is -0.486 e. The number of rotatable bonds is 5. The van der Waals surface area contributed by atoms with Gasteiger partial charge in [-0.25, -0.2) is 4.79 Å². The lowest BCUT2D eigenvalue weighted by Gasteiger charge is -2.27. The van der Waals surface area contributed by atoms with Gasteiger partial charge < -0.3 is 25.0 Å². The van der Waals surface area contributed by atoms with E-state index in [9.17, 15) is 9.59 Å². The van der Waals surface area contributed by atoms with Gasteiger partial charge in [-0.2, -0.15) is 0 Å². The maximum atomic E-state index is 12.5. The van der Waals surface area contributed by atoms with E-state index < -0.39 is 0 Å². The van der Waals surface area contributed by atoms with Gasteiger partial charge in [0, 0.05) is 26.6 Å². The maximum Gasteiger partial charge on any atom is 0.317 e. The molecule has 7 nitrogen and oxygen atoms in total. The minimum absolute atomic E-state index is 0.0514. The zero-order valence-corrected chi connectivity index (χ0v) is 14.5. The van der Waals surface area contributed by atoms with Crippen LogP contribution in [0.3, 0.4) is 0 Å².